The number of allylic oxidation sites excluding steroid dienone is 1. The van der Waals surface area contributed by atoms with Gasteiger partial charge in [-0.3, -0.25) is 14.4 Å². The Labute approximate surface area is 130 Å². The van der Waals surface area contributed by atoms with Crippen molar-refractivity contribution in [3.63, 3.8) is 0 Å². The molecule has 114 valence electrons. The fourth-order valence-corrected chi connectivity index (χ4v) is 1.98. The minimum absolute atomic E-state index is 0.129. The highest BCUT2D eigenvalue weighted by atomic mass is 16.5. The molecule has 2 aromatic rings. The number of aromatic nitrogens is 1. The van der Waals surface area contributed by atoms with Crippen molar-refractivity contribution in [2.75, 3.05) is 7.11 Å². The molecule has 0 saturated heterocycles. The Morgan fingerprint density at radius 3 is 2.77 bits per heavy atom. The molecule has 4 heteroatoms. The summed E-state index contributed by atoms with van der Waals surface area (Å²) in [4.78, 5) is 16.8. The second kappa shape index (κ2) is 7.41. The van der Waals surface area contributed by atoms with Crippen LogP contribution in [0.2, 0.25) is 0 Å². The molecule has 0 fully saturated rings. The molecule has 0 radical (unpaired) electrons. The van der Waals surface area contributed by atoms with Gasteiger partial charge in [0.15, 0.2) is 0 Å². The van der Waals surface area contributed by atoms with Gasteiger partial charge in [-0.15, -0.1) is 0 Å². The molecule has 0 aliphatic rings. The van der Waals surface area contributed by atoms with Gasteiger partial charge in [0.1, 0.15) is 11.2 Å². The number of carbonyl (C=O) groups is 1. The van der Waals surface area contributed by atoms with Crippen molar-refractivity contribution in [1.82, 2.24) is 4.57 Å². The van der Waals surface area contributed by atoms with Crippen molar-refractivity contribution in [3.05, 3.63) is 65.8 Å². The van der Waals surface area contributed by atoms with Gasteiger partial charge in [0.2, 0.25) is 0 Å². The van der Waals surface area contributed by atoms with Gasteiger partial charge >= 0.3 is 0 Å². The zero-order chi connectivity index (χ0) is 15.9. The average Bonchev–Trinajstić information content (AvgIpc) is 2.53. The van der Waals surface area contributed by atoms with E-state index in [-0.39, 0.29) is 11.9 Å². The van der Waals surface area contributed by atoms with Crippen LogP contribution >= 0.6 is 0 Å². The molecular weight excluding hydrogens is 276 g/mol. The first-order valence-electron chi connectivity index (χ1n) is 7.18. The number of ether oxygens (including phenoxy) is 1. The van der Waals surface area contributed by atoms with Gasteiger partial charge in [0, 0.05) is 18.3 Å². The van der Waals surface area contributed by atoms with Crippen LogP contribution in [0.15, 0.2) is 59.7 Å². The van der Waals surface area contributed by atoms with Crippen molar-refractivity contribution in [3.8, 4) is 5.75 Å². The number of methoxy groups -OCH3 is 1. The molecule has 0 aliphatic heterocycles. The number of benzene rings is 1. The van der Waals surface area contributed by atoms with Crippen LogP contribution in [0.1, 0.15) is 24.2 Å². The van der Waals surface area contributed by atoms with Gasteiger partial charge in [-0.05, 0) is 49.8 Å². The van der Waals surface area contributed by atoms with Crippen LogP contribution in [0, 0.1) is 0 Å². The van der Waals surface area contributed by atoms with Gasteiger partial charge in [0.05, 0.1) is 7.11 Å². The van der Waals surface area contributed by atoms with E-state index in [1.165, 1.54) is 10.6 Å². The molecule has 1 aromatic heterocycles. The van der Waals surface area contributed by atoms with Crippen molar-refractivity contribution < 1.29 is 9.53 Å². The molecule has 0 bridgehead atoms. The highest BCUT2D eigenvalue weighted by Gasteiger charge is 2.01. The first kappa shape index (κ1) is 15.8. The first-order valence-corrected chi connectivity index (χ1v) is 7.18. The highest BCUT2D eigenvalue weighted by molar-refractivity contribution is 5.93. The predicted molar refractivity (Wildman–Crippen MR) is 87.8 cm³/mol. The van der Waals surface area contributed by atoms with Crippen molar-refractivity contribution in [2.45, 2.75) is 19.9 Å². The van der Waals surface area contributed by atoms with Gasteiger partial charge in [-0.2, -0.15) is 0 Å². The normalized spacial score (nSPS) is 12.1. The maximum absolute atomic E-state index is 12.4. The Bertz CT molecular complexity index is 743. The third-order valence-electron chi connectivity index (χ3n) is 2.98. The SMILES string of the molecule is COc1cccc(/C=C/C(=O)n2ccccc2=NC(C)C)c1. The number of hydrogen-bond donors (Lipinski definition) is 0. The molecule has 22 heavy (non-hydrogen) atoms. The predicted octanol–water partition coefficient (Wildman–Crippen LogP) is 3.16. The summed E-state index contributed by atoms with van der Waals surface area (Å²) in [5.74, 6) is 0.625. The second-order valence-corrected chi connectivity index (χ2v) is 5.10. The molecular formula is C18H20N2O2. The summed E-state index contributed by atoms with van der Waals surface area (Å²) in [5.41, 5.74) is 1.56. The lowest BCUT2D eigenvalue weighted by Gasteiger charge is -2.04. The van der Waals surface area contributed by atoms with Gasteiger partial charge < -0.3 is 4.74 Å². The number of hydrogen-bond acceptors (Lipinski definition) is 3. The van der Waals surface area contributed by atoms with Crippen LogP contribution in [0.25, 0.3) is 6.08 Å². The molecule has 0 atom stereocenters. The highest BCUT2D eigenvalue weighted by Crippen LogP contribution is 2.13. The number of pyridine rings is 1. The lowest BCUT2D eigenvalue weighted by molar-refractivity contribution is 0.0964. The third kappa shape index (κ3) is 4.19. The van der Waals surface area contributed by atoms with E-state index in [9.17, 15) is 4.79 Å². The monoisotopic (exact) mass is 296 g/mol. The van der Waals surface area contributed by atoms with Crippen LogP contribution in [-0.4, -0.2) is 23.6 Å². The Hall–Kier alpha value is -2.62. The summed E-state index contributed by atoms with van der Waals surface area (Å²) in [6.07, 6.45) is 5.03. The van der Waals surface area contributed by atoms with Crippen LogP contribution in [0.5, 0.6) is 5.75 Å². The molecule has 0 saturated carbocycles. The summed E-state index contributed by atoms with van der Waals surface area (Å²) in [6.45, 7) is 3.96. The third-order valence-corrected chi connectivity index (χ3v) is 2.98. The lowest BCUT2D eigenvalue weighted by atomic mass is 10.2. The fourth-order valence-electron chi connectivity index (χ4n) is 1.98. The maximum Gasteiger partial charge on any atom is 0.256 e. The summed E-state index contributed by atoms with van der Waals surface area (Å²) in [6, 6.07) is 13.2. The van der Waals surface area contributed by atoms with Crippen LogP contribution in [0.3, 0.4) is 0 Å². The summed E-state index contributed by atoms with van der Waals surface area (Å²) < 4.78 is 6.71. The van der Waals surface area contributed by atoms with Crippen LogP contribution in [0.4, 0.5) is 0 Å². The average molecular weight is 296 g/mol. The zero-order valence-electron chi connectivity index (χ0n) is 13.1. The van der Waals surface area contributed by atoms with E-state index >= 15 is 0 Å². The summed E-state index contributed by atoms with van der Waals surface area (Å²) >= 11 is 0. The minimum atomic E-state index is -0.136. The van der Waals surface area contributed by atoms with E-state index in [4.69, 9.17) is 4.74 Å². The van der Waals surface area contributed by atoms with E-state index in [1.807, 2.05) is 56.3 Å². The number of nitrogens with zero attached hydrogens (tertiary/aromatic N) is 2. The van der Waals surface area contributed by atoms with E-state index < -0.39 is 0 Å². The molecule has 0 N–H and O–H groups in total. The van der Waals surface area contributed by atoms with E-state index in [0.717, 1.165) is 11.3 Å². The molecule has 4 nitrogen and oxygen atoms in total. The van der Waals surface area contributed by atoms with Gasteiger partial charge in [-0.1, -0.05) is 18.2 Å². The van der Waals surface area contributed by atoms with Crippen LogP contribution < -0.4 is 10.2 Å². The quantitative estimate of drug-likeness (QED) is 0.813. The summed E-state index contributed by atoms with van der Waals surface area (Å²) in [5, 5.41) is 0. The van der Waals surface area contributed by atoms with E-state index in [1.54, 1.807) is 19.4 Å². The number of carbonyl (C=O) groups excluding carboxylic acids is 1. The molecule has 1 heterocycles. The van der Waals surface area contributed by atoms with Crippen LogP contribution in [-0.2, 0) is 0 Å². The molecule has 0 aliphatic carbocycles. The van der Waals surface area contributed by atoms with Gasteiger partial charge in [-0.25, -0.2) is 0 Å². The topological polar surface area (TPSA) is 43.6 Å². The fraction of sp³-hybridized carbons (Fsp3) is 0.222. The van der Waals surface area contributed by atoms with E-state index in [0.29, 0.717) is 5.49 Å². The maximum atomic E-state index is 12.4. The minimum Gasteiger partial charge on any atom is -0.497 e. The largest absolute Gasteiger partial charge is 0.497 e. The molecule has 2 rings (SSSR count). The molecule has 0 unspecified atom stereocenters. The van der Waals surface area contributed by atoms with Crippen molar-refractivity contribution in [1.29, 1.82) is 0 Å². The number of rotatable bonds is 4. The lowest BCUT2D eigenvalue weighted by Crippen LogP contribution is -2.26. The standard InChI is InChI=1S/C18H20N2O2/c1-14(2)19-17-9-4-5-12-20(17)18(21)11-10-15-7-6-8-16(13-15)22-3/h4-14H,1-3H3/b11-10+,19-17?. The Morgan fingerprint density at radius 1 is 1.23 bits per heavy atom. The smallest absolute Gasteiger partial charge is 0.256 e. The first-order chi connectivity index (χ1) is 10.6. The Balaban J connectivity index is 2.28. The van der Waals surface area contributed by atoms with Crippen molar-refractivity contribution in [2.24, 2.45) is 4.99 Å². The molecule has 0 amide bonds. The Morgan fingerprint density at radius 2 is 2.05 bits per heavy atom. The zero-order valence-corrected chi connectivity index (χ0v) is 13.1. The van der Waals surface area contributed by atoms with Gasteiger partial charge in [0.25, 0.3) is 5.91 Å². The summed E-state index contributed by atoms with van der Waals surface area (Å²) in [7, 11) is 1.62. The molecule has 1 aromatic carbocycles. The van der Waals surface area contributed by atoms with Crippen molar-refractivity contribution >= 4 is 12.0 Å². The second-order valence-electron chi connectivity index (χ2n) is 5.10. The Kier molecular flexibility index (Phi) is 5.31. The van der Waals surface area contributed by atoms with E-state index in [2.05, 4.69) is 4.99 Å². The molecule has 0 spiro atoms.